The van der Waals surface area contributed by atoms with E-state index in [4.69, 9.17) is 14.5 Å². The van der Waals surface area contributed by atoms with E-state index in [2.05, 4.69) is 44.4 Å². The number of benzene rings is 1. The van der Waals surface area contributed by atoms with Gasteiger partial charge < -0.3 is 24.6 Å². The van der Waals surface area contributed by atoms with Crippen LogP contribution in [0.15, 0.2) is 23.2 Å². The van der Waals surface area contributed by atoms with Gasteiger partial charge in [0.05, 0.1) is 14.2 Å². The molecule has 0 unspecified atom stereocenters. The number of hydrogen-bond acceptors (Lipinski definition) is 7. The number of aromatic nitrogens is 2. The molecule has 2 heterocycles. The Balaban J connectivity index is 0.00000363. The molecule has 1 aliphatic heterocycles. The van der Waals surface area contributed by atoms with Gasteiger partial charge in [-0.3, -0.25) is 4.99 Å². The molecule has 178 valence electrons. The largest absolute Gasteiger partial charge is 0.493 e. The van der Waals surface area contributed by atoms with Crippen molar-refractivity contribution in [1.29, 1.82) is 0 Å². The molecule has 10 heteroatoms. The van der Waals surface area contributed by atoms with Crippen molar-refractivity contribution < 1.29 is 9.47 Å². The first-order chi connectivity index (χ1) is 15.2. The maximum absolute atomic E-state index is 5.40. The summed E-state index contributed by atoms with van der Waals surface area (Å²) in [4.78, 5) is 14.2. The number of rotatable bonds is 9. The Morgan fingerprint density at radius 2 is 1.88 bits per heavy atom. The monoisotopic (exact) mass is 574 g/mol. The fraction of sp³-hybridized carbons (Fsp3) is 0.591. The third kappa shape index (κ3) is 7.09. The predicted octanol–water partition coefficient (Wildman–Crippen LogP) is 3.46. The third-order valence-corrected chi connectivity index (χ3v) is 6.11. The van der Waals surface area contributed by atoms with Gasteiger partial charge in [0, 0.05) is 57.2 Å². The minimum atomic E-state index is 0. The second-order valence-corrected chi connectivity index (χ2v) is 8.08. The summed E-state index contributed by atoms with van der Waals surface area (Å²) in [5.74, 6) is 3.47. The number of ether oxygens (including phenoxy) is 2. The van der Waals surface area contributed by atoms with Crippen LogP contribution in [0.5, 0.6) is 11.5 Å². The van der Waals surface area contributed by atoms with E-state index < -0.39 is 0 Å². The second kappa shape index (κ2) is 13.7. The van der Waals surface area contributed by atoms with Crippen molar-refractivity contribution in [2.24, 2.45) is 4.99 Å². The fourth-order valence-electron chi connectivity index (χ4n) is 3.56. The van der Waals surface area contributed by atoms with Crippen LogP contribution in [0, 0.1) is 0 Å². The zero-order chi connectivity index (χ0) is 22.1. The Morgan fingerprint density at radius 1 is 1.12 bits per heavy atom. The topological polar surface area (TPSA) is 75.1 Å². The summed E-state index contributed by atoms with van der Waals surface area (Å²) < 4.78 is 15.1. The van der Waals surface area contributed by atoms with E-state index in [0.29, 0.717) is 0 Å². The van der Waals surface area contributed by atoms with Crippen molar-refractivity contribution in [3.05, 3.63) is 29.6 Å². The lowest BCUT2D eigenvalue weighted by molar-refractivity contribution is 0.354. The average Bonchev–Trinajstić information content (AvgIpc) is 3.30. The number of piperazine rings is 1. The molecule has 3 rings (SSSR count). The quantitative estimate of drug-likeness (QED) is 0.213. The van der Waals surface area contributed by atoms with Gasteiger partial charge in [0.15, 0.2) is 17.5 Å². The zero-order valence-electron chi connectivity index (χ0n) is 19.5. The number of halogens is 1. The van der Waals surface area contributed by atoms with Crippen LogP contribution in [0.2, 0.25) is 0 Å². The first-order valence-corrected chi connectivity index (χ1v) is 11.8. The Kier molecular flexibility index (Phi) is 11.3. The van der Waals surface area contributed by atoms with Crippen LogP contribution in [0.25, 0.3) is 0 Å². The first-order valence-electron chi connectivity index (χ1n) is 11.0. The van der Waals surface area contributed by atoms with Gasteiger partial charge in [-0.15, -0.1) is 24.0 Å². The van der Waals surface area contributed by atoms with Gasteiger partial charge in [0.2, 0.25) is 5.13 Å². The number of nitrogens with one attached hydrogen (secondary N) is 1. The van der Waals surface area contributed by atoms with Crippen LogP contribution in [-0.2, 0) is 12.8 Å². The Labute approximate surface area is 212 Å². The second-order valence-electron chi connectivity index (χ2n) is 7.35. The third-order valence-electron chi connectivity index (χ3n) is 5.29. The highest BCUT2D eigenvalue weighted by Crippen LogP contribution is 2.28. The number of aliphatic imine (C=N–C) groups is 1. The SMILES string of the molecule is CCNC(=NCCCc1ccc(OC)c(OC)c1)N1CCN(c2nc(CC)ns2)CC1.I. The maximum atomic E-state index is 5.40. The average molecular weight is 575 g/mol. The summed E-state index contributed by atoms with van der Waals surface area (Å²) in [6, 6.07) is 6.10. The molecular formula is C22H35IN6O2S. The van der Waals surface area contributed by atoms with Crippen LogP contribution < -0.4 is 19.7 Å². The molecule has 8 nitrogen and oxygen atoms in total. The lowest BCUT2D eigenvalue weighted by Gasteiger charge is -2.36. The predicted molar refractivity (Wildman–Crippen MR) is 142 cm³/mol. The Morgan fingerprint density at radius 3 is 2.50 bits per heavy atom. The molecule has 1 saturated heterocycles. The summed E-state index contributed by atoms with van der Waals surface area (Å²) in [5.41, 5.74) is 1.23. The highest BCUT2D eigenvalue weighted by molar-refractivity contribution is 14.0. The highest BCUT2D eigenvalue weighted by Gasteiger charge is 2.22. The fourth-order valence-corrected chi connectivity index (χ4v) is 4.36. The number of hydrogen-bond donors (Lipinski definition) is 1. The molecular weight excluding hydrogens is 539 g/mol. The molecule has 0 aliphatic carbocycles. The lowest BCUT2D eigenvalue weighted by Crippen LogP contribution is -2.52. The van der Waals surface area contributed by atoms with Gasteiger partial charge in [-0.1, -0.05) is 13.0 Å². The molecule has 32 heavy (non-hydrogen) atoms. The Hall–Kier alpha value is -1.82. The summed E-state index contributed by atoms with van der Waals surface area (Å²) in [5, 5.41) is 4.48. The van der Waals surface area contributed by atoms with E-state index in [-0.39, 0.29) is 24.0 Å². The van der Waals surface area contributed by atoms with Crippen LogP contribution in [0.3, 0.4) is 0 Å². The first kappa shape index (κ1) is 26.4. The number of anilines is 1. The normalized spacial score (nSPS) is 14.2. The molecule has 0 radical (unpaired) electrons. The van der Waals surface area contributed by atoms with Crippen molar-refractivity contribution in [2.75, 3.05) is 58.4 Å². The van der Waals surface area contributed by atoms with Crippen molar-refractivity contribution >= 4 is 46.6 Å². The van der Waals surface area contributed by atoms with E-state index in [0.717, 1.165) is 86.9 Å². The van der Waals surface area contributed by atoms with E-state index in [9.17, 15) is 0 Å². The lowest BCUT2D eigenvalue weighted by atomic mass is 10.1. The van der Waals surface area contributed by atoms with Crippen LogP contribution in [0.1, 0.15) is 31.7 Å². The van der Waals surface area contributed by atoms with Gasteiger partial charge in [0.25, 0.3) is 0 Å². The molecule has 0 amide bonds. The number of guanidine groups is 1. The molecule has 2 aromatic rings. The van der Waals surface area contributed by atoms with E-state index in [1.54, 1.807) is 14.2 Å². The summed E-state index contributed by atoms with van der Waals surface area (Å²) in [6.07, 6.45) is 2.82. The molecule has 0 spiro atoms. The van der Waals surface area contributed by atoms with Crippen molar-refractivity contribution in [1.82, 2.24) is 19.6 Å². The van der Waals surface area contributed by atoms with E-state index >= 15 is 0 Å². The number of aryl methyl sites for hydroxylation is 2. The highest BCUT2D eigenvalue weighted by atomic mass is 127. The molecule has 0 atom stereocenters. The van der Waals surface area contributed by atoms with E-state index in [1.165, 1.54) is 17.1 Å². The van der Waals surface area contributed by atoms with Crippen LogP contribution in [0.4, 0.5) is 5.13 Å². The molecule has 1 aromatic carbocycles. The Bertz CT molecular complexity index is 855. The van der Waals surface area contributed by atoms with Crippen molar-refractivity contribution in [3.63, 3.8) is 0 Å². The molecule has 1 fully saturated rings. The summed E-state index contributed by atoms with van der Waals surface area (Å²) in [7, 11) is 3.33. The van der Waals surface area contributed by atoms with Gasteiger partial charge in [-0.2, -0.15) is 4.37 Å². The van der Waals surface area contributed by atoms with E-state index in [1.807, 2.05) is 12.1 Å². The molecule has 1 N–H and O–H groups in total. The standard InChI is InChI=1S/C22H34N6O2S.HI/c1-5-20-25-22(31-26-20)28-14-12-27(13-15-28)21(23-6-2)24-11-7-8-17-9-10-18(29-3)19(16-17)30-4;/h9-10,16H,5-8,11-15H2,1-4H3,(H,23,24);1H. The molecule has 1 aliphatic rings. The van der Waals surface area contributed by atoms with Gasteiger partial charge in [-0.25, -0.2) is 4.98 Å². The zero-order valence-corrected chi connectivity index (χ0v) is 22.6. The maximum Gasteiger partial charge on any atom is 0.205 e. The molecule has 0 saturated carbocycles. The van der Waals surface area contributed by atoms with Crippen LogP contribution >= 0.6 is 35.5 Å². The minimum absolute atomic E-state index is 0. The summed E-state index contributed by atoms with van der Waals surface area (Å²) in [6.45, 7) is 9.60. The van der Waals surface area contributed by atoms with Crippen molar-refractivity contribution in [3.8, 4) is 11.5 Å². The van der Waals surface area contributed by atoms with Gasteiger partial charge in [0.1, 0.15) is 5.82 Å². The van der Waals surface area contributed by atoms with Crippen molar-refractivity contribution in [2.45, 2.75) is 33.1 Å². The molecule has 0 bridgehead atoms. The summed E-state index contributed by atoms with van der Waals surface area (Å²) >= 11 is 1.50. The van der Waals surface area contributed by atoms with Crippen LogP contribution in [-0.4, -0.2) is 73.7 Å². The molecule has 1 aromatic heterocycles. The number of nitrogens with zero attached hydrogens (tertiary/aromatic N) is 5. The smallest absolute Gasteiger partial charge is 0.205 e. The number of methoxy groups -OCH3 is 2. The van der Waals surface area contributed by atoms with Gasteiger partial charge >= 0.3 is 0 Å². The minimum Gasteiger partial charge on any atom is -0.493 e. The van der Waals surface area contributed by atoms with Gasteiger partial charge in [-0.05, 0) is 37.5 Å².